The number of rotatable bonds is 9. The molecule has 0 saturated heterocycles. The van der Waals surface area contributed by atoms with Crippen LogP contribution in [-0.2, 0) is 14.8 Å². The number of carbonyl (C=O) groups excluding carboxylic acids is 1. The van der Waals surface area contributed by atoms with Crippen molar-refractivity contribution in [3.8, 4) is 11.5 Å². The molecule has 0 heterocycles. The highest BCUT2D eigenvalue weighted by molar-refractivity contribution is 7.98. The zero-order valence-electron chi connectivity index (χ0n) is 18.9. The summed E-state index contributed by atoms with van der Waals surface area (Å²) >= 11 is 1.55. The molecule has 174 valence electrons. The Labute approximate surface area is 198 Å². The minimum absolute atomic E-state index is 0.0158. The van der Waals surface area contributed by atoms with E-state index in [1.54, 1.807) is 42.1 Å². The molecule has 0 aliphatic carbocycles. The van der Waals surface area contributed by atoms with Crippen molar-refractivity contribution in [3.63, 3.8) is 0 Å². The smallest absolute Gasteiger partial charge is 0.264 e. The van der Waals surface area contributed by atoms with Gasteiger partial charge < -0.3 is 14.8 Å². The molecular weight excluding hydrogens is 460 g/mol. The van der Waals surface area contributed by atoms with Gasteiger partial charge in [-0.3, -0.25) is 9.10 Å². The number of hydrogen-bond acceptors (Lipinski definition) is 6. The number of ether oxygens (including phenoxy) is 2. The van der Waals surface area contributed by atoms with Crippen LogP contribution in [-0.4, -0.2) is 41.3 Å². The lowest BCUT2D eigenvalue weighted by Crippen LogP contribution is -2.38. The van der Waals surface area contributed by atoms with Gasteiger partial charge in [-0.05, 0) is 55.6 Å². The molecule has 3 aromatic carbocycles. The molecule has 3 rings (SSSR count). The predicted octanol–water partition coefficient (Wildman–Crippen LogP) is 4.57. The van der Waals surface area contributed by atoms with Gasteiger partial charge in [0.25, 0.3) is 10.0 Å². The molecule has 0 bridgehead atoms. The Bertz CT molecular complexity index is 1230. The number of carbonyl (C=O) groups is 1. The zero-order chi connectivity index (χ0) is 24.0. The Kier molecular flexibility index (Phi) is 7.88. The van der Waals surface area contributed by atoms with E-state index in [0.717, 1.165) is 14.8 Å². The summed E-state index contributed by atoms with van der Waals surface area (Å²) in [6.07, 6.45) is 1.94. The van der Waals surface area contributed by atoms with Crippen LogP contribution in [0.4, 0.5) is 11.4 Å². The SMILES string of the molecule is COc1ccc(S(=O)(=O)N(CC(=O)Nc2cccc(SC)c2)c2ccc(C)cc2)cc1OC. The van der Waals surface area contributed by atoms with E-state index in [1.165, 1.54) is 32.4 Å². The van der Waals surface area contributed by atoms with Gasteiger partial charge >= 0.3 is 0 Å². The van der Waals surface area contributed by atoms with E-state index in [9.17, 15) is 13.2 Å². The predicted molar refractivity (Wildman–Crippen MR) is 132 cm³/mol. The Morgan fingerprint density at radius 3 is 2.30 bits per heavy atom. The summed E-state index contributed by atoms with van der Waals surface area (Å²) in [7, 11) is -1.19. The van der Waals surface area contributed by atoms with Crippen molar-refractivity contribution in [3.05, 3.63) is 72.3 Å². The molecule has 0 fully saturated rings. The number of benzene rings is 3. The molecule has 0 saturated carbocycles. The average molecular weight is 487 g/mol. The monoisotopic (exact) mass is 486 g/mol. The lowest BCUT2D eigenvalue weighted by Gasteiger charge is -2.24. The summed E-state index contributed by atoms with van der Waals surface area (Å²) in [6, 6.07) is 18.6. The summed E-state index contributed by atoms with van der Waals surface area (Å²) in [6.45, 7) is 1.51. The lowest BCUT2D eigenvalue weighted by atomic mass is 10.2. The molecule has 1 N–H and O–H groups in total. The van der Waals surface area contributed by atoms with Crippen molar-refractivity contribution in [2.24, 2.45) is 0 Å². The number of methoxy groups -OCH3 is 2. The van der Waals surface area contributed by atoms with E-state index >= 15 is 0 Å². The minimum atomic E-state index is -4.09. The third-order valence-electron chi connectivity index (χ3n) is 4.91. The third kappa shape index (κ3) is 5.80. The number of anilines is 2. The topological polar surface area (TPSA) is 84.9 Å². The maximum Gasteiger partial charge on any atom is 0.264 e. The third-order valence-corrected chi connectivity index (χ3v) is 7.40. The molecule has 0 aromatic heterocycles. The van der Waals surface area contributed by atoms with E-state index in [-0.39, 0.29) is 10.6 Å². The summed E-state index contributed by atoms with van der Waals surface area (Å²) in [5, 5.41) is 2.79. The lowest BCUT2D eigenvalue weighted by molar-refractivity contribution is -0.114. The van der Waals surface area contributed by atoms with Crippen molar-refractivity contribution < 1.29 is 22.7 Å². The van der Waals surface area contributed by atoms with Crippen molar-refractivity contribution in [2.75, 3.05) is 36.6 Å². The number of thioether (sulfide) groups is 1. The molecule has 1 amide bonds. The molecule has 0 atom stereocenters. The fourth-order valence-corrected chi connectivity index (χ4v) is 5.06. The second-order valence-electron chi connectivity index (χ2n) is 7.14. The highest BCUT2D eigenvalue weighted by Gasteiger charge is 2.28. The molecule has 0 aliphatic rings. The highest BCUT2D eigenvalue weighted by atomic mass is 32.2. The van der Waals surface area contributed by atoms with Crippen LogP contribution in [0.5, 0.6) is 11.5 Å². The number of nitrogens with zero attached hydrogens (tertiary/aromatic N) is 1. The van der Waals surface area contributed by atoms with Crippen molar-refractivity contribution in [1.29, 1.82) is 0 Å². The van der Waals surface area contributed by atoms with E-state index < -0.39 is 22.5 Å². The van der Waals surface area contributed by atoms with Crippen LogP contribution in [0.1, 0.15) is 5.56 Å². The van der Waals surface area contributed by atoms with E-state index in [4.69, 9.17) is 9.47 Å². The number of hydrogen-bond donors (Lipinski definition) is 1. The van der Waals surface area contributed by atoms with Gasteiger partial charge in [0.2, 0.25) is 5.91 Å². The Morgan fingerprint density at radius 1 is 0.970 bits per heavy atom. The normalized spacial score (nSPS) is 11.0. The fraction of sp³-hybridized carbons (Fsp3) is 0.208. The first-order valence-electron chi connectivity index (χ1n) is 10.0. The van der Waals surface area contributed by atoms with Crippen molar-refractivity contribution in [2.45, 2.75) is 16.7 Å². The fourth-order valence-electron chi connectivity index (χ4n) is 3.16. The Hall–Kier alpha value is -3.17. The second kappa shape index (κ2) is 10.6. The molecular formula is C24H26N2O5S2. The first-order chi connectivity index (χ1) is 15.8. The van der Waals surface area contributed by atoms with E-state index in [1.807, 2.05) is 31.4 Å². The van der Waals surface area contributed by atoms with Crippen LogP contribution in [0.25, 0.3) is 0 Å². The van der Waals surface area contributed by atoms with Gasteiger partial charge in [0, 0.05) is 16.6 Å². The van der Waals surface area contributed by atoms with Crippen molar-refractivity contribution >= 4 is 39.1 Å². The van der Waals surface area contributed by atoms with Crippen LogP contribution in [0.15, 0.2) is 76.5 Å². The standard InChI is InChI=1S/C24H26N2O5S2/c1-17-8-10-19(11-9-17)26(16-24(27)25-18-6-5-7-20(14-18)32-4)33(28,29)21-12-13-22(30-2)23(15-21)31-3/h5-15H,16H2,1-4H3,(H,25,27). The van der Waals surface area contributed by atoms with Gasteiger partial charge in [-0.1, -0.05) is 23.8 Å². The van der Waals surface area contributed by atoms with Crippen LogP contribution in [0.3, 0.4) is 0 Å². The van der Waals surface area contributed by atoms with Crippen LogP contribution >= 0.6 is 11.8 Å². The van der Waals surface area contributed by atoms with E-state index in [2.05, 4.69) is 5.32 Å². The maximum absolute atomic E-state index is 13.6. The summed E-state index contributed by atoms with van der Waals surface area (Å²) < 4.78 is 38.8. The molecule has 33 heavy (non-hydrogen) atoms. The largest absolute Gasteiger partial charge is 0.493 e. The number of sulfonamides is 1. The van der Waals surface area contributed by atoms with Gasteiger partial charge in [0.05, 0.1) is 24.8 Å². The van der Waals surface area contributed by atoms with Gasteiger partial charge in [0.15, 0.2) is 11.5 Å². The quantitative estimate of drug-likeness (QED) is 0.446. The Morgan fingerprint density at radius 2 is 1.67 bits per heavy atom. The molecule has 0 unspecified atom stereocenters. The summed E-state index contributed by atoms with van der Waals surface area (Å²) in [5.41, 5.74) is 1.95. The van der Waals surface area contributed by atoms with Gasteiger partial charge in [-0.15, -0.1) is 11.8 Å². The zero-order valence-corrected chi connectivity index (χ0v) is 20.5. The molecule has 7 nitrogen and oxygen atoms in total. The van der Waals surface area contributed by atoms with E-state index in [0.29, 0.717) is 17.1 Å². The summed E-state index contributed by atoms with van der Waals surface area (Å²) in [5.74, 6) is 0.225. The molecule has 0 aliphatic heterocycles. The molecule has 3 aromatic rings. The van der Waals surface area contributed by atoms with Crippen molar-refractivity contribution in [1.82, 2.24) is 0 Å². The molecule has 9 heteroatoms. The maximum atomic E-state index is 13.6. The van der Waals surface area contributed by atoms with Crippen LogP contribution in [0.2, 0.25) is 0 Å². The van der Waals surface area contributed by atoms with Crippen LogP contribution < -0.4 is 19.1 Å². The molecule has 0 spiro atoms. The highest BCUT2D eigenvalue weighted by Crippen LogP contribution is 2.32. The first-order valence-corrected chi connectivity index (χ1v) is 12.7. The van der Waals surface area contributed by atoms with Crippen LogP contribution in [0, 0.1) is 6.92 Å². The van der Waals surface area contributed by atoms with Gasteiger partial charge in [-0.25, -0.2) is 8.42 Å². The summed E-state index contributed by atoms with van der Waals surface area (Å²) in [4.78, 5) is 13.9. The number of nitrogens with one attached hydrogen (secondary N) is 1. The average Bonchev–Trinajstić information content (AvgIpc) is 2.82. The molecule has 0 radical (unpaired) electrons. The number of aryl methyl sites for hydroxylation is 1. The number of amides is 1. The minimum Gasteiger partial charge on any atom is -0.493 e. The second-order valence-corrected chi connectivity index (χ2v) is 9.89. The first kappa shape index (κ1) is 24.5. The van der Waals surface area contributed by atoms with Gasteiger partial charge in [0.1, 0.15) is 6.54 Å². The van der Waals surface area contributed by atoms with Gasteiger partial charge in [-0.2, -0.15) is 0 Å². The Balaban J connectivity index is 1.97.